The number of aryl methyl sites for hydroxylation is 1. The van der Waals surface area contributed by atoms with Gasteiger partial charge in [0, 0.05) is 38.6 Å². The quantitative estimate of drug-likeness (QED) is 0.802. The maximum atomic E-state index is 12.4. The Hall–Kier alpha value is -1.62. The third-order valence-electron chi connectivity index (χ3n) is 4.45. The van der Waals surface area contributed by atoms with Gasteiger partial charge in [0.1, 0.15) is 5.56 Å². The molecular formula is C14H19N3O2. The summed E-state index contributed by atoms with van der Waals surface area (Å²) in [6.07, 6.45) is 6.57. The molecule has 2 fully saturated rings. The molecule has 3 rings (SSSR count). The van der Waals surface area contributed by atoms with E-state index in [4.69, 9.17) is 0 Å². The summed E-state index contributed by atoms with van der Waals surface area (Å²) in [5, 5.41) is 6.47. The van der Waals surface area contributed by atoms with Gasteiger partial charge in [-0.3, -0.25) is 9.59 Å². The van der Waals surface area contributed by atoms with Crippen molar-refractivity contribution >= 4 is 5.91 Å². The van der Waals surface area contributed by atoms with Crippen LogP contribution < -0.4 is 16.1 Å². The first-order valence-electron chi connectivity index (χ1n) is 6.80. The number of aromatic nitrogens is 1. The van der Waals surface area contributed by atoms with Crippen LogP contribution in [-0.2, 0) is 7.05 Å². The van der Waals surface area contributed by atoms with Crippen LogP contribution in [-0.4, -0.2) is 29.1 Å². The molecule has 5 nitrogen and oxygen atoms in total. The first-order chi connectivity index (χ1) is 9.11. The Morgan fingerprint density at radius 3 is 3.26 bits per heavy atom. The summed E-state index contributed by atoms with van der Waals surface area (Å²) in [5.41, 5.74) is -0.123. The van der Waals surface area contributed by atoms with Crippen molar-refractivity contribution in [1.29, 1.82) is 0 Å². The van der Waals surface area contributed by atoms with E-state index < -0.39 is 0 Å². The predicted molar refractivity (Wildman–Crippen MR) is 72.1 cm³/mol. The molecule has 2 aliphatic rings. The first-order valence-corrected chi connectivity index (χ1v) is 6.80. The number of carbonyl (C=O) groups is 1. The number of hydrogen-bond acceptors (Lipinski definition) is 3. The molecule has 1 saturated carbocycles. The first kappa shape index (κ1) is 12.4. The Kier molecular flexibility index (Phi) is 2.93. The van der Waals surface area contributed by atoms with Crippen LogP contribution in [0.1, 0.15) is 29.6 Å². The second-order valence-corrected chi connectivity index (χ2v) is 5.72. The van der Waals surface area contributed by atoms with E-state index in [1.165, 1.54) is 6.07 Å². The highest BCUT2D eigenvalue weighted by atomic mass is 16.2. The monoisotopic (exact) mass is 261 g/mol. The van der Waals surface area contributed by atoms with Crippen LogP contribution in [0.4, 0.5) is 0 Å². The van der Waals surface area contributed by atoms with Gasteiger partial charge in [-0.05, 0) is 18.8 Å². The van der Waals surface area contributed by atoms with Gasteiger partial charge in [0.05, 0.1) is 5.54 Å². The van der Waals surface area contributed by atoms with Crippen molar-refractivity contribution in [2.24, 2.45) is 13.0 Å². The molecule has 1 aliphatic heterocycles. The van der Waals surface area contributed by atoms with E-state index in [-0.39, 0.29) is 22.4 Å². The number of pyridine rings is 1. The largest absolute Gasteiger partial charge is 0.356 e. The van der Waals surface area contributed by atoms with E-state index in [0.29, 0.717) is 5.92 Å². The van der Waals surface area contributed by atoms with Crippen molar-refractivity contribution in [3.8, 4) is 0 Å². The molecule has 2 N–H and O–H groups in total. The maximum absolute atomic E-state index is 12.4. The van der Waals surface area contributed by atoms with Crippen LogP contribution in [0.15, 0.2) is 23.3 Å². The van der Waals surface area contributed by atoms with Crippen LogP contribution in [0.3, 0.4) is 0 Å². The summed E-state index contributed by atoms with van der Waals surface area (Å²) < 4.78 is 1.73. The highest BCUT2D eigenvalue weighted by Crippen LogP contribution is 2.38. The van der Waals surface area contributed by atoms with Gasteiger partial charge in [-0.1, -0.05) is 6.42 Å². The fourth-order valence-corrected chi connectivity index (χ4v) is 3.40. The van der Waals surface area contributed by atoms with E-state index in [1.807, 2.05) is 7.05 Å². The smallest absolute Gasteiger partial charge is 0.257 e. The van der Waals surface area contributed by atoms with Gasteiger partial charge in [-0.15, -0.1) is 0 Å². The number of amides is 1. The van der Waals surface area contributed by atoms with Gasteiger partial charge in [0.15, 0.2) is 5.43 Å². The molecule has 2 atom stereocenters. The highest BCUT2D eigenvalue weighted by molar-refractivity contribution is 5.94. The van der Waals surface area contributed by atoms with E-state index in [1.54, 1.807) is 17.0 Å². The second-order valence-electron chi connectivity index (χ2n) is 5.72. The third kappa shape index (κ3) is 2.08. The number of rotatable bonds is 2. The molecule has 1 amide bonds. The fourth-order valence-electron chi connectivity index (χ4n) is 3.40. The summed E-state index contributed by atoms with van der Waals surface area (Å²) in [5.74, 6) is 0.265. The molecule has 0 aromatic carbocycles. The molecule has 1 aromatic rings. The van der Waals surface area contributed by atoms with Gasteiger partial charge in [0.2, 0.25) is 0 Å². The van der Waals surface area contributed by atoms with Crippen LogP contribution >= 0.6 is 0 Å². The summed E-state index contributed by atoms with van der Waals surface area (Å²) >= 11 is 0. The van der Waals surface area contributed by atoms with Crippen molar-refractivity contribution in [3.05, 3.63) is 34.2 Å². The molecule has 1 aliphatic carbocycles. The predicted octanol–water partition coefficient (Wildman–Crippen LogP) is 0.257. The summed E-state index contributed by atoms with van der Waals surface area (Å²) in [6.45, 7) is 1.78. The van der Waals surface area contributed by atoms with Gasteiger partial charge in [-0.25, -0.2) is 0 Å². The Balaban J connectivity index is 1.85. The lowest BCUT2D eigenvalue weighted by molar-refractivity contribution is 0.0892. The molecule has 1 aromatic heterocycles. The highest BCUT2D eigenvalue weighted by Gasteiger charge is 2.47. The van der Waals surface area contributed by atoms with E-state index in [0.717, 1.165) is 32.4 Å². The number of fused-ring (bicyclic) bond motifs is 1. The topological polar surface area (TPSA) is 63.1 Å². The molecular weight excluding hydrogens is 242 g/mol. The molecule has 0 radical (unpaired) electrons. The lowest BCUT2D eigenvalue weighted by atomic mass is 9.90. The Bertz CT molecular complexity index is 554. The minimum Gasteiger partial charge on any atom is -0.356 e. The maximum Gasteiger partial charge on any atom is 0.257 e. The van der Waals surface area contributed by atoms with Crippen LogP contribution in [0.5, 0.6) is 0 Å². The summed E-state index contributed by atoms with van der Waals surface area (Å²) in [7, 11) is 1.81. The standard InChI is InChI=1S/C14H19N3O2/c1-17-6-4-12(18)11(8-17)13(19)16-14-5-2-3-10(14)7-15-9-14/h4,6,8,10,15H,2-3,5,7,9H2,1H3,(H,16,19)/t10-,14-/m0/s1. The lowest BCUT2D eigenvalue weighted by Crippen LogP contribution is -2.52. The van der Waals surface area contributed by atoms with Crippen molar-refractivity contribution in [1.82, 2.24) is 15.2 Å². The van der Waals surface area contributed by atoms with Gasteiger partial charge < -0.3 is 15.2 Å². The average Bonchev–Trinajstić information content (AvgIpc) is 2.91. The van der Waals surface area contributed by atoms with Gasteiger partial charge in [-0.2, -0.15) is 0 Å². The Labute approximate surface area is 112 Å². The Morgan fingerprint density at radius 1 is 1.58 bits per heavy atom. The SMILES string of the molecule is Cn1ccc(=O)c(C(=O)N[C@]23CCC[C@H]2CNC3)c1. The van der Waals surface area contributed by atoms with Crippen molar-refractivity contribution < 1.29 is 4.79 Å². The molecule has 0 unspecified atom stereocenters. The molecule has 5 heteroatoms. The number of nitrogens with zero attached hydrogens (tertiary/aromatic N) is 1. The number of nitrogens with one attached hydrogen (secondary N) is 2. The van der Waals surface area contributed by atoms with Crippen LogP contribution in [0.25, 0.3) is 0 Å². The molecule has 2 heterocycles. The average molecular weight is 261 g/mol. The number of carbonyl (C=O) groups excluding carboxylic acids is 1. The zero-order valence-electron chi connectivity index (χ0n) is 11.1. The molecule has 0 bridgehead atoms. The number of hydrogen-bond donors (Lipinski definition) is 2. The Morgan fingerprint density at radius 2 is 2.42 bits per heavy atom. The minimum atomic E-state index is -0.239. The van der Waals surface area contributed by atoms with Gasteiger partial charge in [0.25, 0.3) is 5.91 Å². The third-order valence-corrected chi connectivity index (χ3v) is 4.45. The minimum absolute atomic E-state index is 0.141. The molecule has 102 valence electrons. The van der Waals surface area contributed by atoms with E-state index in [2.05, 4.69) is 10.6 Å². The summed E-state index contributed by atoms with van der Waals surface area (Å²) in [4.78, 5) is 24.1. The zero-order valence-corrected chi connectivity index (χ0v) is 11.1. The lowest BCUT2D eigenvalue weighted by Gasteiger charge is -2.29. The normalized spacial score (nSPS) is 29.2. The second kappa shape index (κ2) is 4.49. The van der Waals surface area contributed by atoms with Crippen molar-refractivity contribution in [2.45, 2.75) is 24.8 Å². The molecule has 0 spiro atoms. The van der Waals surface area contributed by atoms with Crippen LogP contribution in [0.2, 0.25) is 0 Å². The zero-order chi connectivity index (χ0) is 13.5. The fraction of sp³-hybridized carbons (Fsp3) is 0.571. The van der Waals surface area contributed by atoms with Crippen molar-refractivity contribution in [3.63, 3.8) is 0 Å². The van der Waals surface area contributed by atoms with E-state index >= 15 is 0 Å². The van der Waals surface area contributed by atoms with Crippen molar-refractivity contribution in [2.75, 3.05) is 13.1 Å². The summed E-state index contributed by atoms with van der Waals surface area (Å²) in [6, 6.07) is 1.44. The van der Waals surface area contributed by atoms with Gasteiger partial charge >= 0.3 is 0 Å². The molecule has 1 saturated heterocycles. The van der Waals surface area contributed by atoms with Crippen LogP contribution in [0, 0.1) is 5.92 Å². The molecule has 19 heavy (non-hydrogen) atoms. The van der Waals surface area contributed by atoms with E-state index in [9.17, 15) is 9.59 Å².